The minimum absolute atomic E-state index is 0.111. The van der Waals surface area contributed by atoms with E-state index in [1.54, 1.807) is 23.5 Å². The molecule has 0 aliphatic heterocycles. The van der Waals surface area contributed by atoms with Crippen molar-refractivity contribution in [2.45, 2.75) is 6.54 Å². The highest BCUT2D eigenvalue weighted by Gasteiger charge is 2.08. The first-order valence-corrected chi connectivity index (χ1v) is 7.56. The van der Waals surface area contributed by atoms with Crippen LogP contribution in [0.15, 0.2) is 23.6 Å². The summed E-state index contributed by atoms with van der Waals surface area (Å²) in [5.41, 5.74) is 6.24. The van der Waals surface area contributed by atoms with E-state index in [4.69, 9.17) is 17.3 Å². The predicted octanol–water partition coefficient (Wildman–Crippen LogP) is 2.70. The third-order valence-corrected chi connectivity index (χ3v) is 4.38. The second-order valence-corrected chi connectivity index (χ2v) is 6.30. The maximum atomic E-state index is 11.8. The third-order valence-electron chi connectivity index (χ3n) is 2.21. The van der Waals surface area contributed by atoms with Crippen molar-refractivity contribution in [3.05, 3.63) is 43.2 Å². The number of hydrogen-bond donors (Lipinski definition) is 2. The Bertz CT molecular complexity index is 636. The second-order valence-electron chi connectivity index (χ2n) is 3.59. The van der Waals surface area contributed by atoms with E-state index >= 15 is 0 Å². The molecule has 0 radical (unpaired) electrons. The second kappa shape index (κ2) is 6.73. The largest absolute Gasteiger partial charge is 0.346 e. The van der Waals surface area contributed by atoms with Gasteiger partial charge in [0.15, 0.2) is 0 Å². The van der Waals surface area contributed by atoms with Gasteiger partial charge in [-0.2, -0.15) is 0 Å². The zero-order valence-electron chi connectivity index (χ0n) is 9.90. The van der Waals surface area contributed by atoms with Crippen LogP contribution < -0.4 is 11.1 Å². The molecule has 1 amide bonds. The number of carbonyl (C=O) groups excluding carboxylic acids is 1. The summed E-state index contributed by atoms with van der Waals surface area (Å²) in [5, 5.41) is 4.80. The molecule has 0 atom stereocenters. The van der Waals surface area contributed by atoms with Crippen molar-refractivity contribution in [1.82, 2.24) is 5.32 Å². The van der Waals surface area contributed by atoms with E-state index in [-0.39, 0.29) is 5.91 Å². The Balaban J connectivity index is 1.92. The van der Waals surface area contributed by atoms with Crippen LogP contribution in [0.4, 0.5) is 0 Å². The summed E-state index contributed by atoms with van der Waals surface area (Å²) in [6.45, 7) is 0.838. The average Bonchev–Trinajstić information content (AvgIpc) is 3.02. The van der Waals surface area contributed by atoms with Gasteiger partial charge in [0.2, 0.25) is 0 Å². The maximum Gasteiger partial charge on any atom is 0.261 e. The van der Waals surface area contributed by atoms with Crippen LogP contribution in [0.3, 0.4) is 0 Å². The summed E-state index contributed by atoms with van der Waals surface area (Å²) in [6, 6.07) is 5.39. The highest BCUT2D eigenvalue weighted by Crippen LogP contribution is 2.21. The molecule has 3 nitrogen and oxygen atoms in total. The Morgan fingerprint density at radius 3 is 3.00 bits per heavy atom. The quantitative estimate of drug-likeness (QED) is 0.856. The van der Waals surface area contributed by atoms with Crippen molar-refractivity contribution in [1.29, 1.82) is 0 Å². The number of halogens is 1. The minimum atomic E-state index is -0.111. The molecule has 19 heavy (non-hydrogen) atoms. The first kappa shape index (κ1) is 14.1. The molecule has 0 aliphatic carbocycles. The van der Waals surface area contributed by atoms with E-state index in [0.29, 0.717) is 22.3 Å². The van der Waals surface area contributed by atoms with Crippen LogP contribution in [0, 0.1) is 11.8 Å². The Hall–Kier alpha value is -1.32. The van der Waals surface area contributed by atoms with Gasteiger partial charge in [0, 0.05) is 15.8 Å². The molecule has 3 N–H and O–H groups in total. The molecule has 0 unspecified atom stereocenters. The van der Waals surface area contributed by atoms with Gasteiger partial charge in [0.1, 0.15) is 0 Å². The Morgan fingerprint density at radius 2 is 2.32 bits per heavy atom. The fraction of sp³-hybridized carbons (Fsp3) is 0.154. The number of nitrogens with one attached hydrogen (secondary N) is 1. The summed E-state index contributed by atoms with van der Waals surface area (Å²) in [5.74, 6) is 5.64. The summed E-state index contributed by atoms with van der Waals surface area (Å²) in [6.07, 6.45) is 0. The van der Waals surface area contributed by atoms with Gasteiger partial charge in [0.05, 0.1) is 22.3 Å². The van der Waals surface area contributed by atoms with E-state index in [1.165, 1.54) is 11.3 Å². The van der Waals surface area contributed by atoms with Gasteiger partial charge >= 0.3 is 0 Å². The number of carbonyl (C=O) groups is 1. The molecule has 2 heterocycles. The number of hydrogen-bond acceptors (Lipinski definition) is 4. The van der Waals surface area contributed by atoms with E-state index < -0.39 is 0 Å². The lowest BCUT2D eigenvalue weighted by Gasteiger charge is -2.00. The van der Waals surface area contributed by atoms with Crippen LogP contribution in [-0.2, 0) is 6.54 Å². The van der Waals surface area contributed by atoms with Crippen LogP contribution in [0.2, 0.25) is 4.34 Å². The third kappa shape index (κ3) is 4.08. The number of nitrogens with two attached hydrogens (primary N) is 1. The Labute approximate surface area is 124 Å². The average molecular weight is 311 g/mol. The molecule has 0 fully saturated rings. The molecule has 2 aromatic heterocycles. The number of rotatable bonds is 3. The molecular formula is C13H11ClN2OS2. The predicted molar refractivity (Wildman–Crippen MR) is 80.8 cm³/mol. The van der Waals surface area contributed by atoms with Crippen LogP contribution in [0.1, 0.15) is 20.1 Å². The minimum Gasteiger partial charge on any atom is -0.346 e. The fourth-order valence-corrected chi connectivity index (χ4v) is 3.10. The van der Waals surface area contributed by atoms with Gasteiger partial charge in [-0.05, 0) is 18.2 Å². The smallest absolute Gasteiger partial charge is 0.261 e. The van der Waals surface area contributed by atoms with Crippen molar-refractivity contribution in [3.8, 4) is 11.8 Å². The van der Waals surface area contributed by atoms with Crippen LogP contribution in [0.25, 0.3) is 0 Å². The van der Waals surface area contributed by atoms with Crippen molar-refractivity contribution in [3.63, 3.8) is 0 Å². The highest BCUT2D eigenvalue weighted by atomic mass is 35.5. The molecule has 0 aliphatic rings. The monoisotopic (exact) mass is 310 g/mol. The summed E-state index contributed by atoms with van der Waals surface area (Å²) >= 11 is 8.62. The molecule has 2 rings (SSSR count). The molecule has 0 saturated heterocycles. The molecule has 0 spiro atoms. The van der Waals surface area contributed by atoms with Gasteiger partial charge in [-0.25, -0.2) is 0 Å². The van der Waals surface area contributed by atoms with Crippen molar-refractivity contribution >= 4 is 40.2 Å². The van der Waals surface area contributed by atoms with Gasteiger partial charge < -0.3 is 11.1 Å². The van der Waals surface area contributed by atoms with Crippen LogP contribution in [-0.4, -0.2) is 12.5 Å². The van der Waals surface area contributed by atoms with E-state index in [0.717, 1.165) is 10.4 Å². The molecular weight excluding hydrogens is 300 g/mol. The van der Waals surface area contributed by atoms with Gasteiger partial charge in [-0.3, -0.25) is 4.79 Å². The summed E-state index contributed by atoms with van der Waals surface area (Å²) < 4.78 is 0.612. The lowest BCUT2D eigenvalue weighted by Crippen LogP contribution is -2.21. The van der Waals surface area contributed by atoms with Crippen molar-refractivity contribution in [2.75, 3.05) is 6.54 Å². The SMILES string of the molecule is NCC#Cc1csc(CNC(=O)c2ccc(Cl)s2)c1. The first-order valence-electron chi connectivity index (χ1n) is 5.49. The summed E-state index contributed by atoms with van der Waals surface area (Å²) in [7, 11) is 0. The normalized spacial score (nSPS) is 9.79. The Kier molecular flexibility index (Phi) is 5.00. The fourth-order valence-electron chi connectivity index (χ4n) is 1.38. The zero-order chi connectivity index (χ0) is 13.7. The lowest BCUT2D eigenvalue weighted by atomic mass is 10.3. The topological polar surface area (TPSA) is 55.1 Å². The zero-order valence-corrected chi connectivity index (χ0v) is 12.3. The van der Waals surface area contributed by atoms with Gasteiger partial charge in [-0.15, -0.1) is 22.7 Å². The first-order chi connectivity index (χ1) is 9.19. The molecule has 2 aromatic rings. The standard InChI is InChI=1S/C13H11ClN2OS2/c14-12-4-3-11(19-12)13(17)16-7-10-6-9(8-18-10)2-1-5-15/h3-4,6,8H,5,7,15H2,(H,16,17). The van der Waals surface area contributed by atoms with Gasteiger partial charge in [0.25, 0.3) is 5.91 Å². The Morgan fingerprint density at radius 1 is 1.47 bits per heavy atom. The van der Waals surface area contributed by atoms with E-state index in [9.17, 15) is 4.79 Å². The number of thiophene rings is 2. The van der Waals surface area contributed by atoms with Crippen molar-refractivity contribution < 1.29 is 4.79 Å². The maximum absolute atomic E-state index is 11.8. The highest BCUT2D eigenvalue weighted by molar-refractivity contribution is 7.18. The van der Waals surface area contributed by atoms with Gasteiger partial charge in [-0.1, -0.05) is 23.4 Å². The molecule has 98 valence electrons. The van der Waals surface area contributed by atoms with E-state index in [2.05, 4.69) is 17.2 Å². The molecule has 0 bridgehead atoms. The van der Waals surface area contributed by atoms with Crippen LogP contribution >= 0.6 is 34.3 Å². The van der Waals surface area contributed by atoms with E-state index in [1.807, 2.05) is 11.4 Å². The lowest BCUT2D eigenvalue weighted by molar-refractivity contribution is 0.0955. The molecule has 0 aromatic carbocycles. The van der Waals surface area contributed by atoms with Crippen LogP contribution in [0.5, 0.6) is 0 Å². The van der Waals surface area contributed by atoms with Crippen molar-refractivity contribution in [2.24, 2.45) is 5.73 Å². The molecule has 6 heteroatoms. The summed E-state index contributed by atoms with van der Waals surface area (Å²) in [4.78, 5) is 13.5. The number of amides is 1. The molecule has 0 saturated carbocycles.